The Labute approximate surface area is 230 Å². The molecule has 2 atom stereocenters. The molecule has 37 heavy (non-hydrogen) atoms. The molecule has 4 heteroatoms. The third kappa shape index (κ3) is 9.09. The van der Waals surface area contributed by atoms with Crippen molar-refractivity contribution < 1.29 is 9.47 Å². The van der Waals surface area contributed by atoms with Crippen molar-refractivity contribution in [2.45, 2.75) is 124 Å². The Morgan fingerprint density at radius 1 is 0.919 bits per heavy atom. The smallest absolute Gasteiger partial charge is 0.188 e. The Balaban J connectivity index is 2.73. The fourth-order valence-electron chi connectivity index (χ4n) is 4.88. The van der Waals surface area contributed by atoms with Crippen molar-refractivity contribution in [1.82, 2.24) is 5.32 Å². The van der Waals surface area contributed by atoms with Crippen LogP contribution in [0.3, 0.4) is 0 Å². The number of methoxy groups -OCH3 is 1. The first kappa shape index (κ1) is 31.8. The third-order valence-electron chi connectivity index (χ3n) is 7.23. The molecule has 1 N–H and O–H groups in total. The van der Waals surface area contributed by atoms with E-state index in [1.54, 1.807) is 7.11 Å². The van der Waals surface area contributed by atoms with Crippen LogP contribution in [0, 0.1) is 13.8 Å². The Kier molecular flexibility index (Phi) is 11.7. The van der Waals surface area contributed by atoms with E-state index in [9.17, 15) is 0 Å². The number of hydrogen-bond donors (Lipinski definition) is 1. The fraction of sp³-hybridized carbons (Fsp3) is 0.636. The van der Waals surface area contributed by atoms with Crippen LogP contribution < -0.4 is 15.4 Å². The van der Waals surface area contributed by atoms with Crippen molar-refractivity contribution >= 4 is 13.9 Å². The number of aryl methyl sites for hydroxylation is 2. The largest absolute Gasteiger partial charge is 0.467 e. The van der Waals surface area contributed by atoms with Gasteiger partial charge in [-0.15, -0.1) is 0 Å². The van der Waals surface area contributed by atoms with Crippen LogP contribution in [0.2, 0.25) is 0 Å². The highest BCUT2D eigenvalue weighted by atomic mass is 31.1. The Morgan fingerprint density at radius 3 is 2.19 bits per heavy atom. The van der Waals surface area contributed by atoms with E-state index in [1.165, 1.54) is 52.4 Å². The summed E-state index contributed by atoms with van der Waals surface area (Å²) in [7, 11) is 2.36. The minimum absolute atomic E-state index is 0.00993. The van der Waals surface area contributed by atoms with Crippen molar-refractivity contribution in [3.63, 3.8) is 0 Å². The lowest BCUT2D eigenvalue weighted by Crippen LogP contribution is -2.36. The average Bonchev–Trinajstić information content (AvgIpc) is 2.81. The van der Waals surface area contributed by atoms with Crippen LogP contribution in [0.1, 0.15) is 115 Å². The zero-order chi connectivity index (χ0) is 27.9. The number of rotatable bonds is 13. The van der Waals surface area contributed by atoms with Crippen LogP contribution in [-0.4, -0.2) is 19.4 Å². The molecule has 0 bridgehead atoms. The van der Waals surface area contributed by atoms with Gasteiger partial charge in [0, 0.05) is 29.9 Å². The molecule has 0 aliphatic carbocycles. The van der Waals surface area contributed by atoms with E-state index in [0.29, 0.717) is 8.58 Å². The van der Waals surface area contributed by atoms with Gasteiger partial charge in [0.2, 0.25) is 0 Å². The van der Waals surface area contributed by atoms with E-state index >= 15 is 0 Å². The summed E-state index contributed by atoms with van der Waals surface area (Å²) in [5, 5.41) is 5.22. The second kappa shape index (κ2) is 13.6. The average molecular weight is 528 g/mol. The summed E-state index contributed by atoms with van der Waals surface area (Å²) < 4.78 is 11.7. The van der Waals surface area contributed by atoms with Gasteiger partial charge < -0.3 is 14.8 Å². The highest BCUT2D eigenvalue weighted by Crippen LogP contribution is 2.53. The fourth-order valence-corrected chi connectivity index (χ4v) is 6.68. The third-order valence-corrected chi connectivity index (χ3v) is 9.34. The van der Waals surface area contributed by atoms with Gasteiger partial charge in [-0.2, -0.15) is 0 Å². The summed E-state index contributed by atoms with van der Waals surface area (Å²) in [6.07, 6.45) is 5.94. The molecule has 0 aliphatic rings. The highest BCUT2D eigenvalue weighted by Gasteiger charge is 2.36. The monoisotopic (exact) mass is 527 g/mol. The molecule has 0 amide bonds. The lowest BCUT2D eigenvalue weighted by molar-refractivity contribution is 0.0493. The van der Waals surface area contributed by atoms with E-state index in [0.717, 1.165) is 25.1 Å². The van der Waals surface area contributed by atoms with Crippen molar-refractivity contribution in [3.8, 4) is 5.75 Å². The van der Waals surface area contributed by atoms with E-state index in [-0.39, 0.29) is 22.9 Å². The molecule has 0 saturated carbocycles. The van der Waals surface area contributed by atoms with Gasteiger partial charge in [-0.05, 0) is 74.9 Å². The molecule has 2 aromatic carbocycles. The van der Waals surface area contributed by atoms with Gasteiger partial charge in [0.05, 0.1) is 0 Å². The van der Waals surface area contributed by atoms with Crippen LogP contribution in [0.15, 0.2) is 30.3 Å². The summed E-state index contributed by atoms with van der Waals surface area (Å²) in [4.78, 5) is 0. The van der Waals surface area contributed by atoms with Crippen molar-refractivity contribution in [2.75, 3.05) is 13.9 Å². The predicted octanol–water partition coefficient (Wildman–Crippen LogP) is 8.66. The van der Waals surface area contributed by atoms with Crippen LogP contribution in [-0.2, 0) is 21.9 Å². The summed E-state index contributed by atoms with van der Waals surface area (Å²) >= 11 is 0. The zero-order valence-corrected chi connectivity index (χ0v) is 26.7. The zero-order valence-electron chi connectivity index (χ0n) is 25.7. The summed E-state index contributed by atoms with van der Waals surface area (Å²) in [5.74, 6) is 1.02. The summed E-state index contributed by atoms with van der Waals surface area (Å²) in [6, 6.07) is 11.8. The van der Waals surface area contributed by atoms with Gasteiger partial charge in [0.15, 0.2) is 6.79 Å². The molecule has 0 fully saturated rings. The first-order valence-corrected chi connectivity index (χ1v) is 15.2. The Bertz CT molecular complexity index is 1000. The first-order valence-electron chi connectivity index (χ1n) is 14.2. The van der Waals surface area contributed by atoms with Gasteiger partial charge in [0.25, 0.3) is 0 Å². The molecule has 0 saturated heterocycles. The SMILES string of the molecule is CCCCCC(CC)(Pc1ccc(C)cc1CNC(C)(C)C)c1cc(C(C)(C)C)cc(C)c1OCOC. The molecule has 2 unspecified atom stereocenters. The van der Waals surface area contributed by atoms with E-state index in [1.807, 2.05) is 0 Å². The molecule has 0 heterocycles. The van der Waals surface area contributed by atoms with E-state index in [4.69, 9.17) is 9.47 Å². The Hall–Kier alpha value is -1.41. The molecule has 2 aromatic rings. The Morgan fingerprint density at radius 2 is 1.62 bits per heavy atom. The van der Waals surface area contributed by atoms with Crippen LogP contribution in [0.5, 0.6) is 5.75 Å². The molecular weight excluding hydrogens is 473 g/mol. The maximum Gasteiger partial charge on any atom is 0.188 e. The van der Waals surface area contributed by atoms with Crippen molar-refractivity contribution in [3.05, 3.63) is 58.1 Å². The number of nitrogens with one attached hydrogen (secondary N) is 1. The van der Waals surface area contributed by atoms with Gasteiger partial charge in [-0.1, -0.05) is 98.4 Å². The van der Waals surface area contributed by atoms with E-state index < -0.39 is 0 Å². The lowest BCUT2D eigenvalue weighted by Gasteiger charge is -2.38. The topological polar surface area (TPSA) is 30.5 Å². The standard InChI is InChI=1S/C33H54NO2P/c1-12-14-15-18-33(13-2,37-29-17-16-24(3)19-26(29)22-34-32(8,9)10)28-21-27(31(5,6)7)20-25(4)30(28)36-23-35-11/h16-17,19-21,34,37H,12-15,18,22-23H2,1-11H3. The molecule has 0 aromatic heterocycles. The van der Waals surface area contributed by atoms with Gasteiger partial charge in [-0.25, -0.2) is 0 Å². The highest BCUT2D eigenvalue weighted by molar-refractivity contribution is 7.48. The molecule has 3 nitrogen and oxygen atoms in total. The van der Waals surface area contributed by atoms with Gasteiger partial charge in [0.1, 0.15) is 5.75 Å². The van der Waals surface area contributed by atoms with Gasteiger partial charge >= 0.3 is 0 Å². The van der Waals surface area contributed by atoms with Gasteiger partial charge in [-0.3, -0.25) is 0 Å². The molecule has 208 valence electrons. The minimum atomic E-state index is 0.00993. The normalized spacial score (nSPS) is 14.4. The van der Waals surface area contributed by atoms with Crippen LogP contribution >= 0.6 is 8.58 Å². The number of ether oxygens (including phenoxy) is 2. The molecule has 0 aliphatic heterocycles. The predicted molar refractivity (Wildman–Crippen MR) is 164 cm³/mol. The van der Waals surface area contributed by atoms with Crippen molar-refractivity contribution in [1.29, 1.82) is 0 Å². The molecule has 0 spiro atoms. The molecule has 2 rings (SSSR count). The minimum Gasteiger partial charge on any atom is -0.467 e. The number of unbranched alkanes of at least 4 members (excludes halogenated alkanes) is 2. The maximum atomic E-state index is 6.35. The first-order chi connectivity index (χ1) is 17.3. The van der Waals surface area contributed by atoms with E-state index in [2.05, 4.69) is 105 Å². The number of hydrogen-bond acceptors (Lipinski definition) is 3. The quantitative estimate of drug-likeness (QED) is 0.161. The van der Waals surface area contributed by atoms with Crippen LogP contribution in [0.4, 0.5) is 0 Å². The summed E-state index contributed by atoms with van der Waals surface area (Å²) in [6.45, 7) is 23.9. The number of benzene rings is 2. The van der Waals surface area contributed by atoms with Crippen LogP contribution in [0.25, 0.3) is 0 Å². The second-order valence-corrected chi connectivity index (χ2v) is 14.5. The summed E-state index contributed by atoms with van der Waals surface area (Å²) in [5.41, 5.74) is 6.83. The lowest BCUT2D eigenvalue weighted by atomic mass is 9.80. The van der Waals surface area contributed by atoms with Crippen molar-refractivity contribution in [2.24, 2.45) is 0 Å². The molecular formula is C33H54NO2P. The second-order valence-electron chi connectivity index (χ2n) is 12.8. The molecule has 0 radical (unpaired) electrons. The maximum absolute atomic E-state index is 6.35.